The lowest BCUT2D eigenvalue weighted by Crippen LogP contribution is -2.16. The maximum Gasteiger partial charge on any atom is 0.277 e. The van der Waals surface area contributed by atoms with Crippen molar-refractivity contribution in [1.82, 2.24) is 30.0 Å². The van der Waals surface area contributed by atoms with Gasteiger partial charge in [0.05, 0.1) is 15.7 Å². The molecule has 1 amide bonds. The van der Waals surface area contributed by atoms with Gasteiger partial charge in [0.1, 0.15) is 5.69 Å². The fourth-order valence-electron chi connectivity index (χ4n) is 1.84. The molecule has 0 unspecified atom stereocenters. The topological polar surface area (TPSA) is 101 Å². The average molecular weight is 312 g/mol. The highest BCUT2D eigenvalue weighted by atomic mass is 35.5. The lowest BCUT2D eigenvalue weighted by Gasteiger charge is -2.03. The zero-order chi connectivity index (χ0) is 14.3. The molecule has 3 rings (SSSR count). The van der Waals surface area contributed by atoms with Crippen molar-refractivity contribution >= 4 is 40.7 Å². The Morgan fingerprint density at radius 2 is 2.25 bits per heavy atom. The minimum absolute atomic E-state index is 0.0671. The number of halogens is 2. The van der Waals surface area contributed by atoms with E-state index in [0.29, 0.717) is 27.1 Å². The Kier molecular flexibility index (Phi) is 3.03. The third-order valence-corrected chi connectivity index (χ3v) is 3.09. The minimum atomic E-state index is -0.435. The number of imidazole rings is 1. The molecule has 0 radical (unpaired) electrons. The van der Waals surface area contributed by atoms with Crippen LogP contribution in [-0.4, -0.2) is 35.9 Å². The Morgan fingerprint density at radius 1 is 1.45 bits per heavy atom. The van der Waals surface area contributed by atoms with Crippen LogP contribution in [0, 0.1) is 6.92 Å². The molecule has 0 aliphatic rings. The molecule has 0 aliphatic carbocycles. The first-order valence-electron chi connectivity index (χ1n) is 5.45. The van der Waals surface area contributed by atoms with Crippen molar-refractivity contribution in [3.05, 3.63) is 33.7 Å². The maximum absolute atomic E-state index is 12.3. The van der Waals surface area contributed by atoms with Crippen LogP contribution in [0.1, 0.15) is 16.2 Å². The molecule has 0 bridgehead atoms. The Morgan fingerprint density at radius 3 is 2.95 bits per heavy atom. The summed E-state index contributed by atoms with van der Waals surface area (Å²) >= 11 is 12.0. The zero-order valence-electron chi connectivity index (χ0n) is 10.1. The molecule has 2 N–H and O–H groups in total. The molecule has 3 aromatic heterocycles. The first-order valence-corrected chi connectivity index (χ1v) is 6.20. The molecule has 0 spiro atoms. The van der Waals surface area contributed by atoms with Crippen LogP contribution in [0.3, 0.4) is 0 Å². The number of fused-ring (bicyclic) bond motifs is 1. The van der Waals surface area contributed by atoms with Gasteiger partial charge in [-0.3, -0.25) is 14.5 Å². The van der Waals surface area contributed by atoms with E-state index in [0.717, 1.165) is 0 Å². The van der Waals surface area contributed by atoms with Crippen LogP contribution in [0.15, 0.2) is 12.3 Å². The monoisotopic (exact) mass is 311 g/mol. The number of carbonyl (C=O) groups is 1. The van der Waals surface area contributed by atoms with Crippen molar-refractivity contribution in [1.29, 1.82) is 0 Å². The van der Waals surface area contributed by atoms with E-state index in [1.54, 1.807) is 19.2 Å². The van der Waals surface area contributed by atoms with Crippen LogP contribution < -0.4 is 5.32 Å². The third-order valence-electron chi connectivity index (χ3n) is 2.60. The number of aromatic nitrogens is 6. The number of nitrogens with one attached hydrogen (secondary N) is 2. The standard InChI is InChI=1S/C10H7Cl2N7O/c1-4-7(9(20)14-10-15-17-18-16-10)19-3-5(11)2-6(12)8(19)13-4/h2-3H,1H3,(H2,14,15,16,17,18,20). The van der Waals surface area contributed by atoms with Gasteiger partial charge in [-0.05, 0) is 18.2 Å². The van der Waals surface area contributed by atoms with Crippen LogP contribution in [0.2, 0.25) is 10.0 Å². The number of carbonyl (C=O) groups excluding carboxylic acids is 1. The summed E-state index contributed by atoms with van der Waals surface area (Å²) in [6.07, 6.45) is 1.56. The largest absolute Gasteiger partial charge is 0.292 e. The van der Waals surface area contributed by atoms with Gasteiger partial charge in [-0.15, -0.1) is 5.10 Å². The Balaban J connectivity index is 2.11. The van der Waals surface area contributed by atoms with E-state index in [1.165, 1.54) is 4.40 Å². The maximum atomic E-state index is 12.3. The smallest absolute Gasteiger partial charge is 0.277 e. The number of rotatable bonds is 2. The normalized spacial score (nSPS) is 10.9. The van der Waals surface area contributed by atoms with E-state index in [2.05, 4.69) is 30.9 Å². The van der Waals surface area contributed by atoms with E-state index in [9.17, 15) is 4.79 Å². The predicted molar refractivity (Wildman–Crippen MR) is 72.1 cm³/mol. The van der Waals surface area contributed by atoms with Gasteiger partial charge in [-0.25, -0.2) is 4.98 Å². The summed E-state index contributed by atoms with van der Waals surface area (Å²) in [7, 11) is 0. The van der Waals surface area contributed by atoms with Crippen molar-refractivity contribution in [3.8, 4) is 0 Å². The van der Waals surface area contributed by atoms with E-state index in [4.69, 9.17) is 23.2 Å². The zero-order valence-corrected chi connectivity index (χ0v) is 11.6. The molecule has 0 atom stereocenters. The van der Waals surface area contributed by atoms with Crippen LogP contribution in [-0.2, 0) is 0 Å². The van der Waals surface area contributed by atoms with Gasteiger partial charge in [-0.1, -0.05) is 28.3 Å². The fourth-order valence-corrected chi connectivity index (χ4v) is 2.35. The first-order chi connectivity index (χ1) is 9.56. The number of pyridine rings is 1. The molecule has 3 aromatic rings. The number of hydrogen-bond donors (Lipinski definition) is 2. The summed E-state index contributed by atoms with van der Waals surface area (Å²) in [6, 6.07) is 1.56. The molecular formula is C10H7Cl2N7O. The van der Waals surface area contributed by atoms with Gasteiger partial charge in [0.15, 0.2) is 5.65 Å². The van der Waals surface area contributed by atoms with Gasteiger partial charge in [0.25, 0.3) is 11.9 Å². The molecule has 10 heteroatoms. The molecule has 0 aliphatic heterocycles. The van der Waals surface area contributed by atoms with Crippen LogP contribution in [0.5, 0.6) is 0 Å². The molecule has 20 heavy (non-hydrogen) atoms. The van der Waals surface area contributed by atoms with Gasteiger partial charge in [0.2, 0.25) is 0 Å². The highest BCUT2D eigenvalue weighted by molar-refractivity contribution is 6.36. The quantitative estimate of drug-likeness (QED) is 0.750. The van der Waals surface area contributed by atoms with Gasteiger partial charge >= 0.3 is 0 Å². The number of aryl methyl sites for hydroxylation is 1. The molecule has 8 nitrogen and oxygen atoms in total. The number of anilines is 1. The summed E-state index contributed by atoms with van der Waals surface area (Å²) in [5.74, 6) is -0.368. The highest BCUT2D eigenvalue weighted by Crippen LogP contribution is 2.24. The summed E-state index contributed by atoms with van der Waals surface area (Å²) in [6.45, 7) is 1.70. The Bertz CT molecular complexity index is 796. The van der Waals surface area contributed by atoms with Crippen molar-refractivity contribution in [2.45, 2.75) is 6.92 Å². The number of aromatic amines is 1. The van der Waals surface area contributed by atoms with Gasteiger partial charge in [0, 0.05) is 6.20 Å². The van der Waals surface area contributed by atoms with Crippen molar-refractivity contribution in [2.24, 2.45) is 0 Å². The van der Waals surface area contributed by atoms with E-state index < -0.39 is 5.91 Å². The van der Waals surface area contributed by atoms with Crippen LogP contribution in [0.4, 0.5) is 5.95 Å². The molecule has 3 heterocycles. The number of hydrogen-bond acceptors (Lipinski definition) is 5. The predicted octanol–water partition coefficient (Wildman–Crippen LogP) is 1.71. The Hall–Kier alpha value is -2.19. The minimum Gasteiger partial charge on any atom is -0.292 e. The SMILES string of the molecule is Cc1nc2c(Cl)cc(Cl)cn2c1C(=O)Nc1nn[nH]n1. The molecule has 0 aromatic carbocycles. The average Bonchev–Trinajstić information content (AvgIpc) is 2.96. The second kappa shape index (κ2) is 4.73. The van der Waals surface area contributed by atoms with Gasteiger partial charge < -0.3 is 0 Å². The van der Waals surface area contributed by atoms with Crippen molar-refractivity contribution in [2.75, 3.05) is 5.32 Å². The number of tetrazole rings is 1. The second-order valence-electron chi connectivity index (χ2n) is 3.94. The summed E-state index contributed by atoms with van der Waals surface area (Å²) in [4.78, 5) is 16.5. The second-order valence-corrected chi connectivity index (χ2v) is 4.78. The summed E-state index contributed by atoms with van der Waals surface area (Å²) in [5.41, 5.74) is 1.26. The van der Waals surface area contributed by atoms with E-state index in [1.807, 2.05) is 0 Å². The number of nitrogens with zero attached hydrogens (tertiary/aromatic N) is 5. The Labute approximate surface area is 122 Å². The molecule has 0 saturated heterocycles. The highest BCUT2D eigenvalue weighted by Gasteiger charge is 2.19. The summed E-state index contributed by atoms with van der Waals surface area (Å²) in [5, 5.41) is 16.1. The lowest BCUT2D eigenvalue weighted by atomic mass is 10.3. The number of amides is 1. The van der Waals surface area contributed by atoms with Crippen molar-refractivity contribution < 1.29 is 4.79 Å². The molecule has 0 saturated carbocycles. The fraction of sp³-hybridized carbons (Fsp3) is 0.100. The van der Waals surface area contributed by atoms with Crippen LogP contribution in [0.25, 0.3) is 5.65 Å². The van der Waals surface area contributed by atoms with E-state index >= 15 is 0 Å². The lowest BCUT2D eigenvalue weighted by molar-refractivity contribution is 0.102. The summed E-state index contributed by atoms with van der Waals surface area (Å²) < 4.78 is 1.52. The van der Waals surface area contributed by atoms with Crippen molar-refractivity contribution in [3.63, 3.8) is 0 Å². The van der Waals surface area contributed by atoms with E-state index in [-0.39, 0.29) is 5.95 Å². The third kappa shape index (κ3) is 2.08. The van der Waals surface area contributed by atoms with Gasteiger partial charge in [-0.2, -0.15) is 5.21 Å². The molecular weight excluding hydrogens is 305 g/mol. The molecule has 0 fully saturated rings. The number of H-pyrrole nitrogens is 1. The first kappa shape index (κ1) is 12.8. The van der Waals surface area contributed by atoms with Crippen LogP contribution >= 0.6 is 23.2 Å². The molecule has 102 valence electrons.